The van der Waals surface area contributed by atoms with Crippen molar-refractivity contribution in [3.63, 3.8) is 0 Å². The van der Waals surface area contributed by atoms with Crippen molar-refractivity contribution in [3.8, 4) is 0 Å². The molecule has 0 fully saturated rings. The summed E-state index contributed by atoms with van der Waals surface area (Å²) < 4.78 is 25.5. The van der Waals surface area contributed by atoms with E-state index in [1.807, 2.05) is 0 Å². The van der Waals surface area contributed by atoms with E-state index in [0.29, 0.717) is 6.42 Å². The zero-order valence-corrected chi connectivity index (χ0v) is 10.8. The van der Waals surface area contributed by atoms with Gasteiger partial charge in [-0.05, 0) is 6.42 Å². The van der Waals surface area contributed by atoms with Crippen molar-refractivity contribution in [3.05, 3.63) is 0 Å². The predicted molar refractivity (Wildman–Crippen MR) is 49.8 cm³/mol. The molecular formula is C5H10NaO4S2. The molecule has 0 saturated heterocycles. The first-order valence-electron chi connectivity index (χ1n) is 3.07. The van der Waals surface area contributed by atoms with E-state index in [1.165, 1.54) is 0 Å². The standard InChI is InChI=1S/C5H10O4S2.Na/c1-2-3-11(7,8)9-5(6)4-10;/h10H,2-4H2,1H3;. The van der Waals surface area contributed by atoms with Crippen LogP contribution in [0.4, 0.5) is 0 Å². The Hall–Kier alpha value is 0.770. The molecule has 0 aliphatic heterocycles. The summed E-state index contributed by atoms with van der Waals surface area (Å²) in [6.07, 6.45) is 0.433. The van der Waals surface area contributed by atoms with Crippen molar-refractivity contribution in [2.75, 3.05) is 11.5 Å². The average molecular weight is 221 g/mol. The van der Waals surface area contributed by atoms with Crippen molar-refractivity contribution in [2.45, 2.75) is 13.3 Å². The summed E-state index contributed by atoms with van der Waals surface area (Å²) in [6.45, 7) is 1.69. The summed E-state index contributed by atoms with van der Waals surface area (Å²) in [5, 5.41) is 0. The molecule has 0 rings (SSSR count). The third-order valence-corrected chi connectivity index (χ3v) is 2.41. The van der Waals surface area contributed by atoms with Gasteiger partial charge in [0.15, 0.2) is 0 Å². The van der Waals surface area contributed by atoms with Gasteiger partial charge in [-0.25, -0.2) is 0 Å². The molecule has 12 heavy (non-hydrogen) atoms. The van der Waals surface area contributed by atoms with Crippen molar-refractivity contribution in [1.29, 1.82) is 0 Å². The number of rotatable bonds is 4. The predicted octanol–water partition coefficient (Wildman–Crippen LogP) is -0.182. The number of hydrogen-bond donors (Lipinski definition) is 1. The molecule has 4 nitrogen and oxygen atoms in total. The van der Waals surface area contributed by atoms with E-state index in [1.54, 1.807) is 6.92 Å². The van der Waals surface area contributed by atoms with Gasteiger partial charge in [-0.3, -0.25) is 4.79 Å². The SMILES string of the molecule is CCCS(=O)(=O)OC(=O)CS.[Na]. The van der Waals surface area contributed by atoms with Gasteiger partial charge < -0.3 is 4.18 Å². The number of carbonyl (C=O) groups is 1. The summed E-state index contributed by atoms with van der Waals surface area (Å²) in [4.78, 5) is 10.4. The fourth-order valence-corrected chi connectivity index (χ4v) is 1.54. The molecule has 0 aliphatic rings. The van der Waals surface area contributed by atoms with Crippen molar-refractivity contribution < 1.29 is 17.4 Å². The van der Waals surface area contributed by atoms with Crippen molar-refractivity contribution in [2.24, 2.45) is 0 Å². The van der Waals surface area contributed by atoms with Gasteiger partial charge in [-0.1, -0.05) is 6.92 Å². The molecule has 0 aliphatic carbocycles. The smallest absolute Gasteiger partial charge is 0.331 e. The summed E-state index contributed by atoms with van der Waals surface area (Å²) in [5.74, 6) is -1.18. The maximum atomic E-state index is 10.7. The molecule has 0 saturated carbocycles. The third-order valence-electron chi connectivity index (χ3n) is 0.803. The Morgan fingerprint density at radius 3 is 2.33 bits per heavy atom. The second kappa shape index (κ2) is 7.20. The maximum absolute atomic E-state index is 10.7. The van der Waals surface area contributed by atoms with E-state index in [9.17, 15) is 13.2 Å². The molecule has 0 unspecified atom stereocenters. The van der Waals surface area contributed by atoms with Crippen LogP contribution in [0.5, 0.6) is 0 Å². The van der Waals surface area contributed by atoms with Crippen LogP contribution < -0.4 is 0 Å². The first kappa shape index (κ1) is 15.3. The van der Waals surface area contributed by atoms with E-state index in [2.05, 4.69) is 16.8 Å². The van der Waals surface area contributed by atoms with Crippen LogP contribution in [-0.2, 0) is 19.1 Å². The van der Waals surface area contributed by atoms with Crippen LogP contribution in [0.1, 0.15) is 13.3 Å². The molecule has 1 radical (unpaired) electrons. The van der Waals surface area contributed by atoms with Crippen molar-refractivity contribution >= 4 is 58.3 Å². The number of hydrogen-bond acceptors (Lipinski definition) is 5. The molecule has 0 spiro atoms. The molecular weight excluding hydrogens is 211 g/mol. The monoisotopic (exact) mass is 221 g/mol. The zero-order valence-electron chi connectivity index (χ0n) is 7.11. The van der Waals surface area contributed by atoms with Gasteiger partial charge in [0.2, 0.25) is 0 Å². The second-order valence-corrected chi connectivity index (χ2v) is 3.88. The second-order valence-electron chi connectivity index (χ2n) is 1.88. The Balaban J connectivity index is 0. The average Bonchev–Trinajstić information content (AvgIpc) is 1.86. The van der Waals surface area contributed by atoms with Crippen LogP contribution in [0, 0.1) is 0 Å². The largest absolute Gasteiger partial charge is 0.345 e. The van der Waals surface area contributed by atoms with Crippen LogP contribution in [0.25, 0.3) is 0 Å². The fraction of sp³-hybridized carbons (Fsp3) is 0.800. The van der Waals surface area contributed by atoms with Crippen LogP contribution in [0.15, 0.2) is 0 Å². The van der Waals surface area contributed by atoms with E-state index < -0.39 is 16.1 Å². The molecule has 0 amide bonds. The maximum Gasteiger partial charge on any atom is 0.331 e. The molecule has 0 aromatic carbocycles. The molecule has 0 atom stereocenters. The third kappa shape index (κ3) is 7.42. The molecule has 7 heteroatoms. The van der Waals surface area contributed by atoms with E-state index in [0.717, 1.165) is 0 Å². The minimum atomic E-state index is -3.64. The first-order valence-corrected chi connectivity index (χ1v) is 5.28. The Bertz CT molecular complexity index is 224. The van der Waals surface area contributed by atoms with Gasteiger partial charge in [0, 0.05) is 29.6 Å². The summed E-state index contributed by atoms with van der Waals surface area (Å²) >= 11 is 3.56. The fourth-order valence-electron chi connectivity index (χ4n) is 0.460. The molecule has 0 aromatic heterocycles. The normalized spacial score (nSPS) is 10.2. The number of thiol groups is 1. The van der Waals surface area contributed by atoms with Crippen LogP contribution in [0.2, 0.25) is 0 Å². The molecule has 0 N–H and O–H groups in total. The Morgan fingerprint density at radius 1 is 1.50 bits per heavy atom. The summed E-state index contributed by atoms with van der Waals surface area (Å²) in [7, 11) is -3.64. The van der Waals surface area contributed by atoms with Crippen molar-refractivity contribution in [1.82, 2.24) is 0 Å². The van der Waals surface area contributed by atoms with Gasteiger partial charge in [0.25, 0.3) is 0 Å². The quantitative estimate of drug-likeness (QED) is 0.406. The summed E-state index contributed by atoms with van der Waals surface area (Å²) in [5.41, 5.74) is 0. The Kier molecular flexibility index (Phi) is 9.15. The molecule has 67 valence electrons. The van der Waals surface area contributed by atoms with Gasteiger partial charge in [-0.2, -0.15) is 21.0 Å². The Morgan fingerprint density at radius 2 is 2.00 bits per heavy atom. The van der Waals surface area contributed by atoms with Gasteiger partial charge >= 0.3 is 16.1 Å². The molecule has 0 bridgehead atoms. The van der Waals surface area contributed by atoms with Gasteiger partial charge in [0.05, 0.1) is 11.5 Å². The topological polar surface area (TPSA) is 60.4 Å². The van der Waals surface area contributed by atoms with Crippen LogP contribution in [-0.4, -0.2) is 55.5 Å². The zero-order chi connectivity index (χ0) is 8.91. The minimum absolute atomic E-state index is 0. The van der Waals surface area contributed by atoms with E-state index in [-0.39, 0.29) is 41.1 Å². The molecule has 0 heterocycles. The van der Waals surface area contributed by atoms with E-state index in [4.69, 9.17) is 0 Å². The van der Waals surface area contributed by atoms with Crippen LogP contribution in [0.3, 0.4) is 0 Å². The van der Waals surface area contributed by atoms with Gasteiger partial charge in [0.1, 0.15) is 0 Å². The van der Waals surface area contributed by atoms with Crippen LogP contribution >= 0.6 is 12.6 Å². The van der Waals surface area contributed by atoms with Gasteiger partial charge in [-0.15, -0.1) is 0 Å². The first-order chi connectivity index (χ1) is 5.02. The van der Waals surface area contributed by atoms with E-state index >= 15 is 0 Å². The summed E-state index contributed by atoms with van der Waals surface area (Å²) in [6, 6.07) is 0. The molecule has 0 aromatic rings. The number of carbonyl (C=O) groups excluding carboxylic acids is 1. The Labute approximate surface area is 99.9 Å². The minimum Gasteiger partial charge on any atom is -0.345 e.